The molecule has 1 N–H and O–H groups in total. The summed E-state index contributed by atoms with van der Waals surface area (Å²) in [5.74, 6) is -0.929. The molecule has 1 atom stereocenters. The molecule has 0 spiro atoms. The van der Waals surface area contributed by atoms with Crippen molar-refractivity contribution in [1.82, 2.24) is 4.90 Å². The van der Waals surface area contributed by atoms with Gasteiger partial charge in [0.25, 0.3) is 0 Å². The van der Waals surface area contributed by atoms with Gasteiger partial charge in [0.15, 0.2) is 0 Å². The maximum Gasteiger partial charge on any atom is 0.332 e. The van der Waals surface area contributed by atoms with Crippen LogP contribution in [0.25, 0.3) is 0 Å². The van der Waals surface area contributed by atoms with E-state index >= 15 is 0 Å². The molecule has 0 aliphatic heterocycles. The molecule has 1 unspecified atom stereocenters. The minimum atomic E-state index is -0.929. The summed E-state index contributed by atoms with van der Waals surface area (Å²) in [5.41, 5.74) is 0.227. The van der Waals surface area contributed by atoms with Gasteiger partial charge in [-0.25, -0.2) is 4.79 Å². The van der Waals surface area contributed by atoms with Gasteiger partial charge in [-0.2, -0.15) is 0 Å². The summed E-state index contributed by atoms with van der Waals surface area (Å²) in [7, 11) is 3.64. The lowest BCUT2D eigenvalue weighted by molar-refractivity contribution is -0.133. The van der Waals surface area contributed by atoms with Crippen LogP contribution in [0.15, 0.2) is 12.2 Å². The summed E-state index contributed by atoms with van der Waals surface area (Å²) >= 11 is 4.64. The molecule has 0 fully saturated rings. The first kappa shape index (κ1) is 14.0. The highest BCUT2D eigenvalue weighted by Gasteiger charge is 2.14. The third-order valence-corrected chi connectivity index (χ3v) is 1.55. The Balaban J connectivity index is 0. The van der Waals surface area contributed by atoms with E-state index in [2.05, 4.69) is 18.2 Å². The zero-order valence-corrected chi connectivity index (χ0v) is 8.72. The Hall–Kier alpha value is -0.540. The smallest absolute Gasteiger partial charge is 0.332 e. The molecule has 72 valence electrons. The van der Waals surface area contributed by atoms with E-state index in [-0.39, 0.29) is 11.6 Å². The van der Waals surface area contributed by atoms with E-state index in [0.29, 0.717) is 0 Å². The molecule has 0 aliphatic rings. The third kappa shape index (κ3) is 5.16. The molecule has 12 heavy (non-hydrogen) atoms. The predicted octanol–water partition coefficient (Wildman–Crippen LogP) is 1.43. The summed E-state index contributed by atoms with van der Waals surface area (Å²) in [5, 5.41) is 8.48. The second kappa shape index (κ2) is 7.13. The molecule has 0 heterocycles. The number of likely N-dealkylation sites (N-methyl/N-ethyl adjacent to an activating group) is 1. The topological polar surface area (TPSA) is 40.5 Å². The van der Waals surface area contributed by atoms with Crippen LogP contribution in [0.2, 0.25) is 0 Å². The number of carboxylic acid groups (broad SMARTS) is 1. The molecule has 4 heteroatoms. The average molecular weight is 194 g/mol. The summed E-state index contributed by atoms with van der Waals surface area (Å²) in [6.07, 6.45) is 1.47. The molecule has 0 bridgehead atoms. The van der Waals surface area contributed by atoms with Crippen LogP contribution in [0.5, 0.6) is 0 Å². The Morgan fingerprint density at radius 3 is 1.92 bits per heavy atom. The predicted molar refractivity (Wildman–Crippen MR) is 51.7 cm³/mol. The largest absolute Gasteiger partial charge is 0.478 e. The molecular formula is C8H16ClNO2. The Labute approximate surface area is 78.6 Å². The van der Waals surface area contributed by atoms with E-state index < -0.39 is 5.97 Å². The fourth-order valence-corrected chi connectivity index (χ4v) is 0.490. The first-order valence-corrected chi connectivity index (χ1v) is 4.18. The van der Waals surface area contributed by atoms with E-state index in [1.165, 1.54) is 6.38 Å². The van der Waals surface area contributed by atoms with Crippen LogP contribution >= 0.6 is 11.6 Å². The molecule has 0 rings (SSSR count). The average Bonchev–Trinajstić information content (AvgIpc) is 2.05. The van der Waals surface area contributed by atoms with Gasteiger partial charge in [0.1, 0.15) is 0 Å². The lowest BCUT2D eigenvalue weighted by atomic mass is 10.1. The van der Waals surface area contributed by atoms with Crippen LogP contribution in [0, 0.1) is 0 Å². The van der Waals surface area contributed by atoms with E-state index in [1.54, 1.807) is 11.8 Å². The fourth-order valence-electron chi connectivity index (χ4n) is 0.490. The minimum Gasteiger partial charge on any atom is -0.478 e. The van der Waals surface area contributed by atoms with Gasteiger partial charge in [-0.05, 0) is 21.0 Å². The number of aliphatic carboxylic acids is 1. The standard InChI is InChI=1S/C7H13NO2.CH3Cl/c1-5(7(9)10)6(2)8(3)4;1-2/h6H,1H2,2-4H3,(H,9,10);1H3. The molecular weight excluding hydrogens is 178 g/mol. The van der Waals surface area contributed by atoms with Crippen LogP contribution in [0.1, 0.15) is 6.92 Å². The number of halogens is 1. The summed E-state index contributed by atoms with van der Waals surface area (Å²) < 4.78 is 0. The number of nitrogens with zero attached hydrogens (tertiary/aromatic N) is 1. The first-order valence-electron chi connectivity index (χ1n) is 3.43. The fraction of sp³-hybridized carbons (Fsp3) is 0.625. The van der Waals surface area contributed by atoms with Crippen molar-refractivity contribution in [3.63, 3.8) is 0 Å². The molecule has 0 saturated heterocycles. The molecule has 0 aromatic heterocycles. The number of rotatable bonds is 3. The van der Waals surface area contributed by atoms with Crippen molar-refractivity contribution in [3.8, 4) is 0 Å². The molecule has 0 aromatic carbocycles. The lowest BCUT2D eigenvalue weighted by Gasteiger charge is -2.18. The van der Waals surface area contributed by atoms with Crippen LogP contribution in [0.3, 0.4) is 0 Å². The van der Waals surface area contributed by atoms with Gasteiger partial charge in [-0.3, -0.25) is 0 Å². The van der Waals surface area contributed by atoms with Crippen molar-refractivity contribution in [2.75, 3.05) is 20.5 Å². The second-order valence-corrected chi connectivity index (χ2v) is 2.47. The first-order chi connectivity index (χ1) is 5.46. The zero-order valence-electron chi connectivity index (χ0n) is 7.97. The van der Waals surface area contributed by atoms with Gasteiger partial charge >= 0.3 is 5.97 Å². The lowest BCUT2D eigenvalue weighted by Crippen LogP contribution is -2.29. The van der Waals surface area contributed by atoms with Crippen molar-refractivity contribution in [2.24, 2.45) is 0 Å². The van der Waals surface area contributed by atoms with Crippen LogP contribution < -0.4 is 0 Å². The van der Waals surface area contributed by atoms with Crippen LogP contribution in [-0.4, -0.2) is 42.5 Å². The highest BCUT2D eigenvalue weighted by molar-refractivity contribution is 6.15. The highest BCUT2D eigenvalue weighted by atomic mass is 35.5. The van der Waals surface area contributed by atoms with E-state index in [0.717, 1.165) is 0 Å². The normalized spacial score (nSPS) is 11.5. The van der Waals surface area contributed by atoms with Gasteiger partial charge in [0.2, 0.25) is 0 Å². The third-order valence-electron chi connectivity index (χ3n) is 1.55. The van der Waals surface area contributed by atoms with Crippen molar-refractivity contribution in [3.05, 3.63) is 12.2 Å². The van der Waals surface area contributed by atoms with E-state index in [9.17, 15) is 4.79 Å². The summed E-state index contributed by atoms with van der Waals surface area (Å²) in [4.78, 5) is 12.1. The SMILES string of the molecule is C=C(C(=O)O)C(C)N(C)C.CCl. The van der Waals surface area contributed by atoms with Gasteiger partial charge in [-0.1, -0.05) is 6.58 Å². The molecule has 0 saturated carbocycles. The Morgan fingerprint density at radius 1 is 1.50 bits per heavy atom. The second-order valence-electron chi connectivity index (χ2n) is 2.47. The maximum atomic E-state index is 10.3. The van der Waals surface area contributed by atoms with Crippen LogP contribution in [-0.2, 0) is 4.79 Å². The van der Waals surface area contributed by atoms with Crippen molar-refractivity contribution >= 4 is 17.6 Å². The summed E-state index contributed by atoms with van der Waals surface area (Å²) in [6.45, 7) is 5.24. The molecule has 3 nitrogen and oxygen atoms in total. The van der Waals surface area contributed by atoms with Crippen LogP contribution in [0.4, 0.5) is 0 Å². The monoisotopic (exact) mass is 193 g/mol. The number of alkyl halides is 1. The number of hydrogen-bond acceptors (Lipinski definition) is 2. The van der Waals surface area contributed by atoms with Gasteiger partial charge in [0, 0.05) is 18.0 Å². The molecule has 0 amide bonds. The minimum absolute atomic E-state index is 0.0995. The van der Waals surface area contributed by atoms with Gasteiger partial charge < -0.3 is 10.0 Å². The van der Waals surface area contributed by atoms with Crippen molar-refractivity contribution in [1.29, 1.82) is 0 Å². The van der Waals surface area contributed by atoms with E-state index in [4.69, 9.17) is 5.11 Å². The van der Waals surface area contributed by atoms with E-state index in [1.807, 2.05) is 14.1 Å². The van der Waals surface area contributed by atoms with Gasteiger partial charge in [-0.15, -0.1) is 11.6 Å². The van der Waals surface area contributed by atoms with Gasteiger partial charge in [0.05, 0.1) is 0 Å². The quantitative estimate of drug-likeness (QED) is 0.545. The number of carbonyl (C=O) groups is 1. The highest BCUT2D eigenvalue weighted by Crippen LogP contribution is 2.03. The summed E-state index contributed by atoms with van der Waals surface area (Å²) in [6, 6.07) is -0.0995. The zero-order chi connectivity index (χ0) is 10.3. The molecule has 0 aliphatic carbocycles. The Kier molecular flexibility index (Phi) is 8.32. The number of carboxylic acids is 1. The number of hydrogen-bond donors (Lipinski definition) is 1. The van der Waals surface area contributed by atoms with Crippen molar-refractivity contribution in [2.45, 2.75) is 13.0 Å². The Bertz CT molecular complexity index is 157. The molecule has 0 radical (unpaired) electrons. The van der Waals surface area contributed by atoms with Crippen molar-refractivity contribution < 1.29 is 9.90 Å². The maximum absolute atomic E-state index is 10.3. The molecule has 0 aromatic rings. The Morgan fingerprint density at radius 2 is 1.83 bits per heavy atom.